The zero-order valence-corrected chi connectivity index (χ0v) is 16.9. The number of sulfonamides is 1. The summed E-state index contributed by atoms with van der Waals surface area (Å²) in [5, 5.41) is 0. The van der Waals surface area contributed by atoms with E-state index in [2.05, 4.69) is 4.72 Å². The van der Waals surface area contributed by atoms with Crippen LogP contribution in [0, 0.1) is 5.82 Å². The van der Waals surface area contributed by atoms with Gasteiger partial charge in [-0.1, -0.05) is 36.4 Å². The van der Waals surface area contributed by atoms with Crippen molar-refractivity contribution >= 4 is 26.9 Å². The van der Waals surface area contributed by atoms with Gasteiger partial charge in [-0.3, -0.25) is 4.72 Å². The molecular weight excluding hydrogens is 389 g/mol. The van der Waals surface area contributed by atoms with Gasteiger partial charge in [0.1, 0.15) is 18.2 Å². The topological polar surface area (TPSA) is 55.4 Å². The molecule has 1 heterocycles. The maximum Gasteiger partial charge on any atom is 0.229 e. The summed E-state index contributed by atoms with van der Waals surface area (Å²) in [5.41, 5.74) is 5.72. The lowest BCUT2D eigenvalue weighted by Crippen LogP contribution is -2.09. The largest absolute Gasteiger partial charge is 0.488 e. The number of hydrogen-bond donors (Lipinski definition) is 1. The fraction of sp³-hybridized carbons (Fsp3) is 0.130. The summed E-state index contributed by atoms with van der Waals surface area (Å²) >= 11 is 0. The number of benzene rings is 3. The zero-order chi connectivity index (χ0) is 20.6. The highest BCUT2D eigenvalue weighted by Crippen LogP contribution is 2.41. The van der Waals surface area contributed by atoms with Gasteiger partial charge in [0.05, 0.1) is 6.26 Å². The number of anilines is 1. The van der Waals surface area contributed by atoms with E-state index in [0.717, 1.165) is 34.1 Å². The van der Waals surface area contributed by atoms with E-state index < -0.39 is 10.0 Å². The zero-order valence-electron chi connectivity index (χ0n) is 16.1. The first-order valence-corrected chi connectivity index (χ1v) is 11.0. The van der Waals surface area contributed by atoms with E-state index in [1.807, 2.05) is 37.3 Å². The van der Waals surface area contributed by atoms with E-state index in [0.29, 0.717) is 23.6 Å². The first-order chi connectivity index (χ1) is 13.8. The maximum absolute atomic E-state index is 14.1. The van der Waals surface area contributed by atoms with Crippen molar-refractivity contribution in [2.75, 3.05) is 11.0 Å². The Balaban J connectivity index is 1.96. The summed E-state index contributed by atoms with van der Waals surface area (Å²) in [6, 6.07) is 19.6. The number of ether oxygens (including phenoxy) is 1. The molecule has 0 bridgehead atoms. The average Bonchev–Trinajstić information content (AvgIpc) is 2.83. The molecule has 0 aromatic heterocycles. The van der Waals surface area contributed by atoms with Crippen LogP contribution >= 0.6 is 0 Å². The van der Waals surface area contributed by atoms with Crippen LogP contribution < -0.4 is 9.46 Å². The van der Waals surface area contributed by atoms with Gasteiger partial charge in [-0.25, -0.2) is 12.8 Å². The molecule has 0 radical (unpaired) electrons. The molecule has 0 unspecified atom stereocenters. The quantitative estimate of drug-likeness (QED) is 0.657. The summed E-state index contributed by atoms with van der Waals surface area (Å²) < 4.78 is 45.8. The molecule has 0 saturated carbocycles. The van der Waals surface area contributed by atoms with Crippen molar-refractivity contribution in [1.29, 1.82) is 0 Å². The summed E-state index contributed by atoms with van der Waals surface area (Å²) in [6.07, 6.45) is 1.11. The summed E-state index contributed by atoms with van der Waals surface area (Å²) in [5.74, 6) is 0.270. The second-order valence-corrected chi connectivity index (χ2v) is 8.79. The second-order valence-electron chi connectivity index (χ2n) is 7.04. The molecule has 0 spiro atoms. The number of nitrogens with one attached hydrogen (secondary N) is 1. The molecule has 0 fully saturated rings. The fourth-order valence-electron chi connectivity index (χ4n) is 3.59. The van der Waals surface area contributed by atoms with E-state index in [9.17, 15) is 12.8 Å². The third-order valence-corrected chi connectivity index (χ3v) is 5.46. The minimum atomic E-state index is -3.39. The smallest absolute Gasteiger partial charge is 0.229 e. The second kappa shape index (κ2) is 7.37. The lowest BCUT2D eigenvalue weighted by molar-refractivity contribution is 0.307. The van der Waals surface area contributed by atoms with Gasteiger partial charge in [0, 0.05) is 11.3 Å². The molecule has 1 aliphatic heterocycles. The Morgan fingerprint density at radius 2 is 1.79 bits per heavy atom. The van der Waals surface area contributed by atoms with Crippen molar-refractivity contribution in [3.63, 3.8) is 0 Å². The molecule has 4 rings (SSSR count). The lowest BCUT2D eigenvalue weighted by Gasteiger charge is -2.16. The third kappa shape index (κ3) is 4.03. The van der Waals surface area contributed by atoms with Crippen LogP contribution in [-0.4, -0.2) is 14.7 Å². The molecule has 0 atom stereocenters. The van der Waals surface area contributed by atoms with Crippen LogP contribution in [0.25, 0.3) is 11.1 Å². The number of hydrogen-bond acceptors (Lipinski definition) is 3. The van der Waals surface area contributed by atoms with Crippen molar-refractivity contribution in [2.24, 2.45) is 0 Å². The van der Waals surface area contributed by atoms with Crippen LogP contribution in [-0.2, 0) is 16.6 Å². The number of halogens is 1. The number of fused-ring (bicyclic) bond motifs is 2. The van der Waals surface area contributed by atoms with Crippen LogP contribution in [0.5, 0.6) is 5.75 Å². The van der Waals surface area contributed by atoms with Gasteiger partial charge >= 0.3 is 0 Å². The first-order valence-electron chi connectivity index (χ1n) is 9.12. The van der Waals surface area contributed by atoms with E-state index in [1.54, 1.807) is 24.3 Å². The normalized spacial score (nSPS) is 14.9. The highest BCUT2D eigenvalue weighted by atomic mass is 32.2. The van der Waals surface area contributed by atoms with Crippen molar-refractivity contribution in [3.8, 4) is 5.75 Å². The Morgan fingerprint density at radius 1 is 1.00 bits per heavy atom. The Morgan fingerprint density at radius 3 is 2.59 bits per heavy atom. The molecule has 1 N–H and O–H groups in total. The molecule has 148 valence electrons. The molecule has 0 aliphatic carbocycles. The molecule has 0 amide bonds. The van der Waals surface area contributed by atoms with Gasteiger partial charge in [0.15, 0.2) is 0 Å². The molecule has 1 aliphatic rings. The van der Waals surface area contributed by atoms with Crippen LogP contribution in [0.3, 0.4) is 0 Å². The minimum Gasteiger partial charge on any atom is -0.488 e. The average molecular weight is 409 g/mol. The minimum absolute atomic E-state index is 0.343. The van der Waals surface area contributed by atoms with E-state index in [1.165, 1.54) is 12.1 Å². The van der Waals surface area contributed by atoms with Gasteiger partial charge in [0.25, 0.3) is 0 Å². The Hall–Kier alpha value is -3.12. The van der Waals surface area contributed by atoms with E-state index in [-0.39, 0.29) is 5.82 Å². The van der Waals surface area contributed by atoms with Crippen LogP contribution in [0.2, 0.25) is 0 Å². The van der Waals surface area contributed by atoms with Crippen molar-refractivity contribution in [1.82, 2.24) is 0 Å². The van der Waals surface area contributed by atoms with Gasteiger partial charge in [-0.05, 0) is 65.1 Å². The molecule has 3 aromatic carbocycles. The van der Waals surface area contributed by atoms with E-state index in [4.69, 9.17) is 4.74 Å². The first kappa shape index (κ1) is 19.2. The van der Waals surface area contributed by atoms with Gasteiger partial charge in [0.2, 0.25) is 10.0 Å². The Kier molecular flexibility index (Phi) is 4.88. The molecule has 4 nitrogen and oxygen atoms in total. The summed E-state index contributed by atoms with van der Waals surface area (Å²) in [6.45, 7) is 2.34. The van der Waals surface area contributed by atoms with Crippen LogP contribution in [0.4, 0.5) is 10.1 Å². The number of allylic oxidation sites excluding steroid dienone is 1. The van der Waals surface area contributed by atoms with Crippen molar-refractivity contribution < 1.29 is 17.5 Å². The summed E-state index contributed by atoms with van der Waals surface area (Å²) in [4.78, 5) is 0. The highest BCUT2D eigenvalue weighted by molar-refractivity contribution is 7.92. The number of rotatable bonds is 3. The predicted octanol–water partition coefficient (Wildman–Crippen LogP) is 5.07. The summed E-state index contributed by atoms with van der Waals surface area (Å²) in [7, 11) is -3.39. The molecule has 29 heavy (non-hydrogen) atoms. The predicted molar refractivity (Wildman–Crippen MR) is 114 cm³/mol. The Labute approximate surface area is 169 Å². The van der Waals surface area contributed by atoms with Crippen molar-refractivity contribution in [2.45, 2.75) is 13.5 Å². The molecule has 0 saturated heterocycles. The van der Waals surface area contributed by atoms with Gasteiger partial charge < -0.3 is 4.74 Å². The monoisotopic (exact) mass is 409 g/mol. The van der Waals surface area contributed by atoms with E-state index >= 15 is 0 Å². The third-order valence-electron chi connectivity index (χ3n) is 4.85. The van der Waals surface area contributed by atoms with Crippen molar-refractivity contribution in [3.05, 3.63) is 94.8 Å². The maximum atomic E-state index is 14.1. The lowest BCUT2D eigenvalue weighted by atomic mass is 9.88. The highest BCUT2D eigenvalue weighted by Gasteiger charge is 2.22. The van der Waals surface area contributed by atoms with Gasteiger partial charge in [-0.2, -0.15) is 0 Å². The molecular formula is C23H20FNO3S. The molecule has 6 heteroatoms. The van der Waals surface area contributed by atoms with Crippen LogP contribution in [0.1, 0.15) is 29.2 Å². The fourth-order valence-corrected chi connectivity index (χ4v) is 4.15. The van der Waals surface area contributed by atoms with Crippen LogP contribution in [0.15, 0.2) is 66.7 Å². The van der Waals surface area contributed by atoms with Gasteiger partial charge in [-0.15, -0.1) is 0 Å². The Bertz CT molecular complexity index is 1230. The SMILES string of the molecule is C/C(=C1/c2ccccc2COc2ccc(F)cc21)c1cccc(NS(C)(=O)=O)c1. The standard InChI is InChI=1S/C23H20FNO3S/c1-15(16-7-5-8-19(12-16)25-29(2,26)27)23-20-9-4-3-6-17(20)14-28-22-11-10-18(24)13-21(22)23/h3-13,25H,14H2,1-2H3/b23-15+. The molecule has 3 aromatic rings.